The monoisotopic (exact) mass is 403 g/mol. The third-order valence-corrected chi connectivity index (χ3v) is 5.24. The molecule has 1 saturated heterocycles. The number of amides is 2. The van der Waals surface area contributed by atoms with Crippen molar-refractivity contribution in [2.45, 2.75) is 25.9 Å². The van der Waals surface area contributed by atoms with Gasteiger partial charge in [0.15, 0.2) is 0 Å². The van der Waals surface area contributed by atoms with Gasteiger partial charge < -0.3 is 10.2 Å². The lowest BCUT2D eigenvalue weighted by molar-refractivity contribution is -0.129. The number of likely N-dealkylation sites (tertiary alicyclic amines) is 1. The molecule has 30 heavy (non-hydrogen) atoms. The van der Waals surface area contributed by atoms with Crippen molar-refractivity contribution >= 4 is 11.8 Å². The smallest absolute Gasteiger partial charge is 0.253 e. The first-order chi connectivity index (χ1) is 14.5. The number of nitrogens with one attached hydrogen (secondary N) is 1. The molecule has 0 spiro atoms. The number of aromatic nitrogens is 1. The Hall–Kier alpha value is -3.54. The van der Waals surface area contributed by atoms with Crippen LogP contribution in [0.15, 0.2) is 66.9 Å². The summed E-state index contributed by atoms with van der Waals surface area (Å²) in [5.41, 5.74) is 3.82. The lowest BCUT2D eigenvalue weighted by atomic mass is 10.1. The second-order valence-electron chi connectivity index (χ2n) is 7.50. The van der Waals surface area contributed by atoms with Crippen LogP contribution in [0.4, 0.5) is 4.39 Å². The number of benzene rings is 2. The molecule has 4 rings (SSSR count). The maximum atomic E-state index is 13.4. The van der Waals surface area contributed by atoms with Gasteiger partial charge >= 0.3 is 0 Å². The van der Waals surface area contributed by atoms with Crippen LogP contribution in [0, 0.1) is 12.7 Å². The van der Waals surface area contributed by atoms with Crippen molar-refractivity contribution in [1.82, 2.24) is 15.2 Å². The molecule has 1 unspecified atom stereocenters. The number of pyridine rings is 1. The summed E-state index contributed by atoms with van der Waals surface area (Å²) in [6, 6.07) is 17.0. The Morgan fingerprint density at radius 2 is 1.97 bits per heavy atom. The molecule has 2 amide bonds. The van der Waals surface area contributed by atoms with Crippen LogP contribution in [0.5, 0.6) is 0 Å². The van der Waals surface area contributed by atoms with Gasteiger partial charge in [0, 0.05) is 24.8 Å². The fourth-order valence-corrected chi connectivity index (χ4v) is 3.53. The first kappa shape index (κ1) is 19.8. The van der Waals surface area contributed by atoms with E-state index in [1.807, 2.05) is 31.2 Å². The molecule has 0 bridgehead atoms. The second-order valence-corrected chi connectivity index (χ2v) is 7.50. The van der Waals surface area contributed by atoms with Gasteiger partial charge in [-0.3, -0.25) is 14.6 Å². The van der Waals surface area contributed by atoms with E-state index in [1.54, 1.807) is 29.2 Å². The lowest BCUT2D eigenvalue weighted by Crippen LogP contribution is -2.41. The number of carbonyl (C=O) groups is 2. The number of aryl methyl sites for hydroxylation is 1. The zero-order chi connectivity index (χ0) is 21.1. The van der Waals surface area contributed by atoms with Crippen molar-refractivity contribution in [2.75, 3.05) is 6.54 Å². The van der Waals surface area contributed by atoms with Gasteiger partial charge in [0.1, 0.15) is 11.9 Å². The van der Waals surface area contributed by atoms with Crippen molar-refractivity contribution in [3.8, 4) is 11.3 Å². The highest BCUT2D eigenvalue weighted by atomic mass is 19.1. The Labute approximate surface area is 174 Å². The van der Waals surface area contributed by atoms with Crippen LogP contribution >= 0.6 is 0 Å². The summed E-state index contributed by atoms with van der Waals surface area (Å²) >= 11 is 0. The van der Waals surface area contributed by atoms with Crippen LogP contribution in [0.3, 0.4) is 0 Å². The highest BCUT2D eigenvalue weighted by Gasteiger charge is 2.32. The Kier molecular flexibility index (Phi) is 5.57. The molecule has 3 aromatic rings. The van der Waals surface area contributed by atoms with E-state index in [2.05, 4.69) is 10.3 Å². The van der Waals surface area contributed by atoms with E-state index in [-0.39, 0.29) is 17.6 Å². The van der Waals surface area contributed by atoms with Crippen LogP contribution in [-0.4, -0.2) is 34.3 Å². The van der Waals surface area contributed by atoms with Gasteiger partial charge in [0.05, 0.1) is 11.3 Å². The Bertz CT molecular complexity index is 1060. The highest BCUT2D eigenvalue weighted by molar-refractivity contribution is 5.98. The van der Waals surface area contributed by atoms with Gasteiger partial charge in [-0.1, -0.05) is 42.0 Å². The number of carbonyl (C=O) groups excluding carboxylic acids is 2. The van der Waals surface area contributed by atoms with Gasteiger partial charge in [-0.15, -0.1) is 0 Å². The van der Waals surface area contributed by atoms with Gasteiger partial charge in [-0.05, 0) is 43.2 Å². The molecule has 1 fully saturated rings. The summed E-state index contributed by atoms with van der Waals surface area (Å²) in [6.45, 7) is 3.17. The third kappa shape index (κ3) is 4.38. The van der Waals surface area contributed by atoms with Crippen LogP contribution in [0.25, 0.3) is 11.3 Å². The SMILES string of the molecule is Cc1ccc(CN2CCC(NC(=O)c3ccc(-c4cccc(F)c4)nc3)C2=O)cc1. The topological polar surface area (TPSA) is 62.3 Å². The first-order valence-electron chi connectivity index (χ1n) is 9.87. The number of rotatable bonds is 5. The van der Waals surface area contributed by atoms with E-state index in [0.29, 0.717) is 36.3 Å². The van der Waals surface area contributed by atoms with E-state index in [4.69, 9.17) is 0 Å². The molecule has 1 aromatic heterocycles. The average molecular weight is 403 g/mol. The Balaban J connectivity index is 1.38. The summed E-state index contributed by atoms with van der Waals surface area (Å²) < 4.78 is 13.4. The van der Waals surface area contributed by atoms with Gasteiger partial charge in [-0.25, -0.2) is 4.39 Å². The fourth-order valence-electron chi connectivity index (χ4n) is 3.53. The second kappa shape index (κ2) is 8.45. The molecule has 1 aliphatic rings. The highest BCUT2D eigenvalue weighted by Crippen LogP contribution is 2.19. The zero-order valence-electron chi connectivity index (χ0n) is 16.6. The third-order valence-electron chi connectivity index (χ3n) is 5.24. The van der Waals surface area contributed by atoms with Gasteiger partial charge in [0.25, 0.3) is 5.91 Å². The van der Waals surface area contributed by atoms with Crippen LogP contribution in [0.2, 0.25) is 0 Å². The predicted octanol–water partition coefficient (Wildman–Crippen LogP) is 3.73. The number of nitrogens with zero attached hydrogens (tertiary/aromatic N) is 2. The van der Waals surface area contributed by atoms with Gasteiger partial charge in [0.2, 0.25) is 5.91 Å². The summed E-state index contributed by atoms with van der Waals surface area (Å²) in [7, 11) is 0. The molecule has 1 atom stereocenters. The van der Waals surface area contributed by atoms with Gasteiger partial charge in [-0.2, -0.15) is 0 Å². The molecule has 5 nitrogen and oxygen atoms in total. The summed E-state index contributed by atoms with van der Waals surface area (Å²) in [6.07, 6.45) is 2.02. The maximum absolute atomic E-state index is 13.4. The zero-order valence-corrected chi connectivity index (χ0v) is 16.6. The van der Waals surface area contributed by atoms with E-state index in [9.17, 15) is 14.0 Å². The van der Waals surface area contributed by atoms with Crippen LogP contribution < -0.4 is 5.32 Å². The van der Waals surface area contributed by atoms with E-state index < -0.39 is 6.04 Å². The van der Waals surface area contributed by atoms with E-state index in [1.165, 1.54) is 23.9 Å². The molecule has 2 heterocycles. The van der Waals surface area contributed by atoms with Crippen molar-refractivity contribution in [3.05, 3.63) is 89.4 Å². The minimum atomic E-state index is -0.536. The van der Waals surface area contributed by atoms with Crippen molar-refractivity contribution in [1.29, 1.82) is 0 Å². The lowest BCUT2D eigenvalue weighted by Gasteiger charge is -2.17. The minimum absolute atomic E-state index is 0.0757. The minimum Gasteiger partial charge on any atom is -0.340 e. The summed E-state index contributed by atoms with van der Waals surface area (Å²) in [5.74, 6) is -0.761. The quantitative estimate of drug-likeness (QED) is 0.706. The first-order valence-corrected chi connectivity index (χ1v) is 9.87. The van der Waals surface area contributed by atoms with E-state index >= 15 is 0 Å². The largest absolute Gasteiger partial charge is 0.340 e. The molecule has 6 heteroatoms. The Morgan fingerprint density at radius 1 is 1.17 bits per heavy atom. The normalized spacial score (nSPS) is 16.0. The molecule has 0 saturated carbocycles. The summed E-state index contributed by atoms with van der Waals surface area (Å²) in [5, 5.41) is 2.81. The Morgan fingerprint density at radius 3 is 2.67 bits per heavy atom. The fraction of sp³-hybridized carbons (Fsp3) is 0.208. The number of hydrogen-bond acceptors (Lipinski definition) is 3. The molecule has 152 valence electrons. The number of halogens is 1. The van der Waals surface area contributed by atoms with Crippen molar-refractivity contribution in [2.24, 2.45) is 0 Å². The number of hydrogen-bond donors (Lipinski definition) is 1. The maximum Gasteiger partial charge on any atom is 0.253 e. The van der Waals surface area contributed by atoms with Crippen molar-refractivity contribution in [3.63, 3.8) is 0 Å². The molecule has 2 aromatic carbocycles. The van der Waals surface area contributed by atoms with Crippen LogP contribution in [-0.2, 0) is 11.3 Å². The molecular formula is C24H22FN3O2. The average Bonchev–Trinajstić information content (AvgIpc) is 3.09. The van der Waals surface area contributed by atoms with Crippen LogP contribution in [0.1, 0.15) is 27.9 Å². The molecule has 0 aliphatic carbocycles. The standard InChI is InChI=1S/C24H22FN3O2/c1-16-5-7-17(8-6-16)15-28-12-11-22(24(28)30)27-23(29)19-9-10-21(26-14-19)18-3-2-4-20(25)13-18/h2-10,13-14,22H,11-12,15H2,1H3,(H,27,29). The molecule has 1 N–H and O–H groups in total. The molecule has 1 aliphatic heterocycles. The molecular weight excluding hydrogens is 381 g/mol. The molecule has 0 radical (unpaired) electrons. The van der Waals surface area contributed by atoms with E-state index in [0.717, 1.165) is 5.56 Å². The predicted molar refractivity (Wildman–Crippen MR) is 112 cm³/mol. The summed E-state index contributed by atoms with van der Waals surface area (Å²) in [4.78, 5) is 31.3. The van der Waals surface area contributed by atoms with Crippen molar-refractivity contribution < 1.29 is 14.0 Å².